The minimum Gasteiger partial charge on any atom is -0.423 e. The maximum atomic E-state index is 12.9. The molecule has 320 valence electrons. The highest BCUT2D eigenvalue weighted by Crippen LogP contribution is 2.34. The van der Waals surface area contributed by atoms with Gasteiger partial charge < -0.3 is 46.1 Å². The molecule has 0 saturated heterocycles. The van der Waals surface area contributed by atoms with E-state index in [1.54, 1.807) is 109 Å². The number of rotatable bonds is 15. The molecule has 6 aromatic rings. The van der Waals surface area contributed by atoms with E-state index in [2.05, 4.69) is 51.6 Å². The van der Waals surface area contributed by atoms with Gasteiger partial charge in [-0.25, -0.2) is 28.8 Å². The fourth-order valence-corrected chi connectivity index (χ4v) is 6.03. The molecule has 0 bridgehead atoms. The van der Waals surface area contributed by atoms with E-state index in [0.717, 1.165) is 34.9 Å². The van der Waals surface area contributed by atoms with Crippen LogP contribution in [-0.2, 0) is 14.4 Å². The summed E-state index contributed by atoms with van der Waals surface area (Å²) in [6.07, 6.45) is 3.16. The number of ether oxygens (including phenoxy) is 3. The van der Waals surface area contributed by atoms with E-state index >= 15 is 0 Å². The molecule has 0 aromatic heterocycles. The monoisotopic (exact) mass is 856 g/mol. The Labute approximate surface area is 367 Å². The number of anilines is 6. The van der Waals surface area contributed by atoms with Gasteiger partial charge in [-0.05, 0) is 126 Å². The van der Waals surface area contributed by atoms with Crippen LogP contribution in [0.5, 0.6) is 17.2 Å². The molecular weight excluding hydrogens is 817 g/mol. The molecule has 0 radical (unpaired) electrons. The fraction of sp³-hybridized carbons (Fsp3) is 0.0204. The second-order valence-electron chi connectivity index (χ2n) is 13.5. The minimum absolute atomic E-state index is 0.303. The largest absolute Gasteiger partial charge is 0.423 e. The summed E-state index contributed by atoms with van der Waals surface area (Å²) in [5, 5.41) is 16.7. The molecule has 0 spiro atoms. The summed E-state index contributed by atoms with van der Waals surface area (Å²) in [7, 11) is 0. The summed E-state index contributed by atoms with van der Waals surface area (Å²) in [4.78, 5) is 73.0. The molecule has 0 heterocycles. The Bertz CT molecular complexity index is 2370. The van der Waals surface area contributed by atoms with E-state index in [1.807, 2.05) is 36.4 Å². The Hall–Kier alpha value is -9.24. The van der Waals surface area contributed by atoms with Crippen LogP contribution in [0.2, 0.25) is 0 Å². The number of nitrogens with one attached hydrogen (secondary N) is 6. The molecule has 0 unspecified atom stereocenters. The first-order valence-corrected chi connectivity index (χ1v) is 19.3. The molecule has 0 aliphatic carbocycles. The van der Waals surface area contributed by atoms with E-state index < -0.39 is 36.0 Å². The molecule has 0 aliphatic heterocycles. The van der Waals surface area contributed by atoms with Gasteiger partial charge in [0.1, 0.15) is 17.2 Å². The topological polar surface area (TPSA) is 202 Å². The number of benzene rings is 6. The molecule has 15 heteroatoms. The van der Waals surface area contributed by atoms with E-state index in [9.17, 15) is 28.8 Å². The lowest BCUT2D eigenvalue weighted by Crippen LogP contribution is -2.19. The van der Waals surface area contributed by atoms with Crippen molar-refractivity contribution in [2.45, 2.75) is 5.92 Å². The van der Waals surface area contributed by atoms with Crippen molar-refractivity contribution < 1.29 is 43.0 Å². The van der Waals surface area contributed by atoms with Crippen LogP contribution >= 0.6 is 0 Å². The van der Waals surface area contributed by atoms with Gasteiger partial charge >= 0.3 is 36.0 Å². The van der Waals surface area contributed by atoms with Crippen LogP contribution in [-0.4, -0.2) is 36.0 Å². The van der Waals surface area contributed by atoms with Crippen molar-refractivity contribution in [2.75, 3.05) is 31.9 Å². The van der Waals surface area contributed by atoms with Crippen molar-refractivity contribution in [3.05, 3.63) is 200 Å². The number of esters is 3. The van der Waals surface area contributed by atoms with Gasteiger partial charge in [0, 0.05) is 58.3 Å². The Morgan fingerprint density at radius 3 is 0.703 bits per heavy atom. The third-order valence-corrected chi connectivity index (χ3v) is 9.00. The zero-order valence-corrected chi connectivity index (χ0v) is 34.0. The Morgan fingerprint density at radius 1 is 0.328 bits per heavy atom. The Kier molecular flexibility index (Phi) is 14.8. The van der Waals surface area contributed by atoms with Crippen LogP contribution in [0.4, 0.5) is 48.5 Å². The first kappa shape index (κ1) is 44.3. The van der Waals surface area contributed by atoms with Crippen molar-refractivity contribution >= 4 is 70.1 Å². The summed E-state index contributed by atoms with van der Waals surface area (Å²) in [6.45, 7) is 10.1. The molecule has 6 rings (SSSR count). The highest BCUT2D eigenvalue weighted by atomic mass is 16.5. The smallest absolute Gasteiger partial charge is 0.335 e. The predicted molar refractivity (Wildman–Crippen MR) is 245 cm³/mol. The Balaban J connectivity index is 1.15. The van der Waals surface area contributed by atoms with Crippen LogP contribution in [0.15, 0.2) is 184 Å². The summed E-state index contributed by atoms with van der Waals surface area (Å²) in [5.41, 5.74) is 5.60. The number of urea groups is 3. The van der Waals surface area contributed by atoms with Crippen LogP contribution in [0.25, 0.3) is 0 Å². The predicted octanol–water partition coefficient (Wildman–Crippen LogP) is 10.1. The van der Waals surface area contributed by atoms with Gasteiger partial charge in [-0.2, -0.15) is 0 Å². The lowest BCUT2D eigenvalue weighted by atomic mass is 9.85. The van der Waals surface area contributed by atoms with E-state index in [0.29, 0.717) is 51.4 Å². The minimum atomic E-state index is -0.597. The number of carbonyl (C=O) groups is 6. The number of amides is 6. The zero-order valence-electron chi connectivity index (χ0n) is 34.0. The zero-order chi connectivity index (χ0) is 45.4. The molecule has 0 saturated carbocycles. The number of hydrogen-bond donors (Lipinski definition) is 6. The Morgan fingerprint density at radius 2 is 0.516 bits per heavy atom. The number of hydrogen-bond acceptors (Lipinski definition) is 9. The summed E-state index contributed by atoms with van der Waals surface area (Å²) in [6, 6.07) is 39.3. The van der Waals surface area contributed by atoms with Gasteiger partial charge in [-0.3, -0.25) is 0 Å². The molecule has 6 aromatic carbocycles. The fourth-order valence-electron chi connectivity index (χ4n) is 6.03. The summed E-state index contributed by atoms with van der Waals surface area (Å²) in [5.74, 6) is -1.21. The van der Waals surface area contributed by atoms with Crippen molar-refractivity contribution in [2.24, 2.45) is 0 Å². The summed E-state index contributed by atoms with van der Waals surface area (Å²) < 4.78 is 15.2. The lowest BCUT2D eigenvalue weighted by molar-refractivity contribution is -0.129. The first-order valence-electron chi connectivity index (χ1n) is 19.3. The van der Waals surface area contributed by atoms with Crippen molar-refractivity contribution in [1.82, 2.24) is 0 Å². The third-order valence-electron chi connectivity index (χ3n) is 9.00. The van der Waals surface area contributed by atoms with E-state index in [-0.39, 0.29) is 5.92 Å². The van der Waals surface area contributed by atoms with Gasteiger partial charge in [-0.1, -0.05) is 56.1 Å². The van der Waals surface area contributed by atoms with Gasteiger partial charge in [0.25, 0.3) is 0 Å². The average Bonchev–Trinajstić information content (AvgIpc) is 3.30. The molecule has 64 heavy (non-hydrogen) atoms. The molecule has 0 aliphatic rings. The molecule has 6 N–H and O–H groups in total. The van der Waals surface area contributed by atoms with Gasteiger partial charge in [0.2, 0.25) is 0 Å². The van der Waals surface area contributed by atoms with E-state index in [4.69, 9.17) is 14.2 Å². The van der Waals surface area contributed by atoms with Crippen molar-refractivity contribution in [1.29, 1.82) is 0 Å². The third kappa shape index (κ3) is 12.9. The molecule has 15 nitrogen and oxygen atoms in total. The molecule has 0 atom stereocenters. The lowest BCUT2D eigenvalue weighted by Gasteiger charge is -2.20. The number of carbonyl (C=O) groups excluding carboxylic acids is 6. The van der Waals surface area contributed by atoms with Gasteiger partial charge in [-0.15, -0.1) is 0 Å². The van der Waals surface area contributed by atoms with Crippen LogP contribution in [0.3, 0.4) is 0 Å². The van der Waals surface area contributed by atoms with E-state index in [1.165, 1.54) is 0 Å². The van der Waals surface area contributed by atoms with Crippen LogP contribution in [0, 0.1) is 0 Å². The van der Waals surface area contributed by atoms with Crippen molar-refractivity contribution in [3.8, 4) is 17.2 Å². The molecular formula is C49H40N6O9. The average molecular weight is 857 g/mol. The quantitative estimate of drug-likeness (QED) is 0.0251. The molecule has 0 fully saturated rings. The van der Waals surface area contributed by atoms with Gasteiger partial charge in [0.05, 0.1) is 0 Å². The van der Waals surface area contributed by atoms with Crippen LogP contribution < -0.4 is 46.1 Å². The first-order chi connectivity index (χ1) is 31.0. The second kappa shape index (κ2) is 21.3. The second-order valence-corrected chi connectivity index (χ2v) is 13.5. The van der Waals surface area contributed by atoms with Crippen LogP contribution in [0.1, 0.15) is 22.6 Å². The highest BCUT2D eigenvalue weighted by molar-refractivity contribution is 6.01. The SMILES string of the molecule is C=CC(=O)Oc1ccc(NC(=O)Nc2ccc(C(c3ccc(NC(=O)Nc4ccc(OC(=O)C=C)cc4)cc3)c3ccc(NC(=O)Nc4ccc(OC(=O)C=C)cc4)cc3)cc2)cc1. The normalized spacial score (nSPS) is 10.3. The highest BCUT2D eigenvalue weighted by Gasteiger charge is 2.18. The maximum Gasteiger partial charge on any atom is 0.335 e. The summed E-state index contributed by atoms with van der Waals surface area (Å²) >= 11 is 0. The maximum absolute atomic E-state index is 12.9. The van der Waals surface area contributed by atoms with Gasteiger partial charge in [0.15, 0.2) is 0 Å². The standard InChI is InChI=1S/C49H40N6O9/c1-4-43(56)62-40-25-19-37(20-26-40)53-47(59)50-34-13-7-31(8-14-34)46(32-9-15-35(16-10-32)51-48(60)54-38-21-27-41(28-22-38)63-44(57)5-2)33-11-17-36(18-12-33)52-49(61)55-39-23-29-42(30-24-39)64-45(58)6-3/h4-30,46H,1-3H2,(H2,50,53,59)(H2,51,54,60)(H2,52,55,61). The molecule has 6 amide bonds. The van der Waals surface area contributed by atoms with Crippen molar-refractivity contribution in [3.63, 3.8) is 0 Å².